The number of nitrogens with one attached hydrogen (secondary N) is 3. The smallest absolute Gasteiger partial charge is 0.325 e. The zero-order valence-corrected chi connectivity index (χ0v) is 10.3. The van der Waals surface area contributed by atoms with E-state index in [0.29, 0.717) is 5.69 Å². The van der Waals surface area contributed by atoms with Crippen molar-refractivity contribution in [3.63, 3.8) is 0 Å². The quantitative estimate of drug-likeness (QED) is 0.388. The van der Waals surface area contributed by atoms with Gasteiger partial charge >= 0.3 is 5.69 Å². The molecule has 0 aliphatic heterocycles. The van der Waals surface area contributed by atoms with E-state index in [4.69, 9.17) is 10.2 Å². The van der Waals surface area contributed by atoms with Crippen LogP contribution < -0.4 is 16.6 Å². The maximum atomic E-state index is 11.5. The summed E-state index contributed by atoms with van der Waals surface area (Å²) in [6.45, 7) is 0.979. The van der Waals surface area contributed by atoms with Gasteiger partial charge in [-0.25, -0.2) is 4.79 Å². The van der Waals surface area contributed by atoms with Crippen molar-refractivity contribution in [2.24, 2.45) is 0 Å². The molecule has 19 heavy (non-hydrogen) atoms. The van der Waals surface area contributed by atoms with Gasteiger partial charge in [-0.3, -0.25) is 14.6 Å². The number of carbonyl (C=O) groups is 1. The van der Waals surface area contributed by atoms with Crippen LogP contribution in [0.25, 0.3) is 6.08 Å². The maximum Gasteiger partial charge on any atom is 0.325 e. The van der Waals surface area contributed by atoms with Crippen LogP contribution in [0, 0.1) is 6.92 Å². The van der Waals surface area contributed by atoms with E-state index in [2.05, 4.69) is 10.3 Å². The fraction of sp³-hybridized carbons (Fsp3) is 0.364. The first kappa shape index (κ1) is 14.9. The molecule has 0 unspecified atom stereocenters. The van der Waals surface area contributed by atoms with Crippen LogP contribution in [-0.2, 0) is 4.79 Å². The molecule has 1 amide bonds. The Labute approximate surface area is 107 Å². The highest BCUT2D eigenvalue weighted by atomic mass is 16.3. The molecule has 8 nitrogen and oxygen atoms in total. The predicted octanol–water partition coefficient (Wildman–Crippen LogP) is -2.15. The Bertz CT molecular complexity index is 587. The molecule has 0 spiro atoms. The van der Waals surface area contributed by atoms with E-state index in [0.717, 1.165) is 6.08 Å². The number of aromatic nitrogens is 2. The first-order valence-electron chi connectivity index (χ1n) is 5.52. The maximum absolute atomic E-state index is 11.5. The SMILES string of the molecule is Cc1[nH]c(=O)[nH]c(=O)c1/C=C/C(=O)NC[C@@H](O)CO. The van der Waals surface area contributed by atoms with Gasteiger partial charge in [0, 0.05) is 18.3 Å². The largest absolute Gasteiger partial charge is 0.394 e. The summed E-state index contributed by atoms with van der Waals surface area (Å²) in [5, 5.41) is 19.9. The summed E-state index contributed by atoms with van der Waals surface area (Å²) < 4.78 is 0. The van der Waals surface area contributed by atoms with Gasteiger partial charge in [0.25, 0.3) is 5.56 Å². The summed E-state index contributed by atoms with van der Waals surface area (Å²) >= 11 is 0. The van der Waals surface area contributed by atoms with Gasteiger partial charge in [-0.2, -0.15) is 0 Å². The molecular weight excluding hydrogens is 254 g/mol. The van der Waals surface area contributed by atoms with Crippen LogP contribution in [0.3, 0.4) is 0 Å². The number of aromatic amines is 2. The lowest BCUT2D eigenvalue weighted by atomic mass is 10.2. The van der Waals surface area contributed by atoms with E-state index < -0.39 is 29.9 Å². The second-order valence-electron chi connectivity index (χ2n) is 3.86. The Morgan fingerprint density at radius 2 is 2.11 bits per heavy atom. The molecule has 1 rings (SSSR count). The van der Waals surface area contributed by atoms with Gasteiger partial charge in [-0.1, -0.05) is 0 Å². The summed E-state index contributed by atoms with van der Waals surface area (Å²) in [7, 11) is 0. The van der Waals surface area contributed by atoms with E-state index in [9.17, 15) is 14.4 Å². The summed E-state index contributed by atoms with van der Waals surface area (Å²) in [5.41, 5.74) is -0.707. The van der Waals surface area contributed by atoms with Gasteiger partial charge in [-0.05, 0) is 13.0 Å². The average molecular weight is 269 g/mol. The van der Waals surface area contributed by atoms with Crippen molar-refractivity contribution in [1.29, 1.82) is 0 Å². The fourth-order valence-electron chi connectivity index (χ4n) is 1.31. The highest BCUT2D eigenvalue weighted by Crippen LogP contribution is 1.97. The Hall–Kier alpha value is -2.19. The molecule has 104 valence electrons. The third-order valence-electron chi connectivity index (χ3n) is 2.30. The normalized spacial score (nSPS) is 12.6. The van der Waals surface area contributed by atoms with Crippen LogP contribution in [0.1, 0.15) is 11.3 Å². The van der Waals surface area contributed by atoms with Crippen LogP contribution in [0.4, 0.5) is 0 Å². The minimum atomic E-state index is -1.03. The first-order valence-corrected chi connectivity index (χ1v) is 5.52. The van der Waals surface area contributed by atoms with Crippen LogP contribution in [0.2, 0.25) is 0 Å². The Morgan fingerprint density at radius 3 is 2.68 bits per heavy atom. The summed E-state index contributed by atoms with van der Waals surface area (Å²) in [6, 6.07) is 0. The topological polar surface area (TPSA) is 135 Å². The van der Waals surface area contributed by atoms with Crippen molar-refractivity contribution < 1.29 is 15.0 Å². The zero-order valence-electron chi connectivity index (χ0n) is 10.3. The molecule has 0 aromatic carbocycles. The molecule has 0 radical (unpaired) electrons. The second-order valence-corrected chi connectivity index (χ2v) is 3.86. The number of hydrogen-bond acceptors (Lipinski definition) is 5. The lowest BCUT2D eigenvalue weighted by Crippen LogP contribution is -2.32. The molecule has 0 aliphatic rings. The Kier molecular flexibility index (Phi) is 5.22. The molecule has 1 atom stereocenters. The molecule has 1 aromatic rings. The van der Waals surface area contributed by atoms with Gasteiger partial charge < -0.3 is 20.5 Å². The van der Waals surface area contributed by atoms with Crippen molar-refractivity contribution in [3.05, 3.63) is 38.2 Å². The van der Waals surface area contributed by atoms with Crippen molar-refractivity contribution in [3.8, 4) is 0 Å². The average Bonchev–Trinajstić information content (AvgIpc) is 2.34. The highest BCUT2D eigenvalue weighted by molar-refractivity contribution is 5.91. The number of aliphatic hydroxyl groups is 2. The van der Waals surface area contributed by atoms with Gasteiger partial charge in [0.1, 0.15) is 0 Å². The van der Waals surface area contributed by atoms with E-state index in [1.165, 1.54) is 13.0 Å². The van der Waals surface area contributed by atoms with E-state index >= 15 is 0 Å². The fourth-order valence-corrected chi connectivity index (χ4v) is 1.31. The van der Waals surface area contributed by atoms with E-state index in [-0.39, 0.29) is 12.1 Å². The number of rotatable bonds is 5. The van der Waals surface area contributed by atoms with Gasteiger partial charge in [0.15, 0.2) is 0 Å². The number of H-pyrrole nitrogens is 2. The van der Waals surface area contributed by atoms with Crippen molar-refractivity contribution in [2.45, 2.75) is 13.0 Å². The number of hydrogen-bond donors (Lipinski definition) is 5. The number of carbonyl (C=O) groups excluding carboxylic acids is 1. The number of amides is 1. The van der Waals surface area contributed by atoms with Crippen LogP contribution in [-0.4, -0.2) is 45.3 Å². The Morgan fingerprint density at radius 1 is 1.42 bits per heavy atom. The van der Waals surface area contributed by atoms with Gasteiger partial charge in [0.2, 0.25) is 5.91 Å². The molecule has 1 aromatic heterocycles. The van der Waals surface area contributed by atoms with Crippen molar-refractivity contribution in [1.82, 2.24) is 15.3 Å². The summed E-state index contributed by atoms with van der Waals surface area (Å²) in [5.74, 6) is -0.530. The monoisotopic (exact) mass is 269 g/mol. The number of aliphatic hydroxyl groups excluding tert-OH is 2. The molecule has 0 fully saturated rings. The highest BCUT2D eigenvalue weighted by Gasteiger charge is 2.05. The van der Waals surface area contributed by atoms with Crippen molar-refractivity contribution in [2.75, 3.05) is 13.2 Å². The second kappa shape index (κ2) is 6.66. The van der Waals surface area contributed by atoms with Gasteiger partial charge in [-0.15, -0.1) is 0 Å². The van der Waals surface area contributed by atoms with Gasteiger partial charge in [0.05, 0.1) is 18.3 Å². The zero-order chi connectivity index (χ0) is 14.4. The molecule has 5 N–H and O–H groups in total. The third-order valence-corrected chi connectivity index (χ3v) is 2.30. The number of aryl methyl sites for hydroxylation is 1. The molecule has 1 heterocycles. The van der Waals surface area contributed by atoms with E-state index in [1.807, 2.05) is 4.98 Å². The van der Waals surface area contributed by atoms with Crippen LogP contribution in [0.5, 0.6) is 0 Å². The molecule has 8 heteroatoms. The predicted molar refractivity (Wildman–Crippen MR) is 67.6 cm³/mol. The minimum absolute atomic E-state index is 0.0966. The molecular formula is C11H15N3O5. The Balaban J connectivity index is 2.75. The third kappa shape index (κ3) is 4.53. The standard InChI is InChI=1S/C11H15N3O5/c1-6-8(10(18)14-11(19)13-6)2-3-9(17)12-4-7(16)5-15/h2-3,7,15-16H,4-5H2,1H3,(H,12,17)(H2,13,14,18,19)/b3-2+/t7-/m1/s1. The molecule has 0 saturated heterocycles. The minimum Gasteiger partial charge on any atom is -0.394 e. The molecule has 0 bridgehead atoms. The first-order chi connectivity index (χ1) is 8.93. The van der Waals surface area contributed by atoms with E-state index in [1.54, 1.807) is 0 Å². The summed E-state index contributed by atoms with van der Waals surface area (Å²) in [4.78, 5) is 38.2. The van der Waals surface area contributed by atoms with Crippen molar-refractivity contribution >= 4 is 12.0 Å². The molecule has 0 aliphatic carbocycles. The summed E-state index contributed by atoms with van der Waals surface area (Å²) in [6.07, 6.45) is 1.32. The lowest BCUT2D eigenvalue weighted by molar-refractivity contribution is -0.117. The lowest BCUT2D eigenvalue weighted by Gasteiger charge is -2.06. The van der Waals surface area contributed by atoms with Crippen LogP contribution >= 0.6 is 0 Å². The van der Waals surface area contributed by atoms with Crippen LogP contribution in [0.15, 0.2) is 15.7 Å². The molecule has 0 saturated carbocycles.